The second kappa shape index (κ2) is 7.92. The molecule has 7 nitrogen and oxygen atoms in total. The average molecular weight is 438 g/mol. The van der Waals surface area contributed by atoms with Crippen LogP contribution in [-0.4, -0.2) is 40.5 Å². The van der Waals surface area contributed by atoms with Gasteiger partial charge in [-0.3, -0.25) is 9.38 Å². The normalized spacial score (nSPS) is 12.0. The van der Waals surface area contributed by atoms with Crippen LogP contribution >= 0.6 is 0 Å². The number of sulfonamides is 1. The van der Waals surface area contributed by atoms with Crippen molar-refractivity contribution in [3.63, 3.8) is 0 Å². The maximum atomic E-state index is 13.6. The molecule has 3 heterocycles. The Morgan fingerprint density at radius 2 is 1.94 bits per heavy atom. The van der Waals surface area contributed by atoms with Crippen LogP contribution in [0.25, 0.3) is 16.8 Å². The first-order valence-electron chi connectivity index (χ1n) is 9.45. The smallest absolute Gasteiger partial charge is 0.279 e. The van der Waals surface area contributed by atoms with Gasteiger partial charge in [0, 0.05) is 36.3 Å². The molecule has 1 aromatic carbocycles. The molecule has 31 heavy (non-hydrogen) atoms. The quantitative estimate of drug-likeness (QED) is 0.351. The number of imidazole rings is 1. The predicted molar refractivity (Wildman–Crippen MR) is 117 cm³/mol. The molecule has 0 aliphatic heterocycles. The molecule has 9 heteroatoms. The number of halogens is 1. The van der Waals surface area contributed by atoms with E-state index in [9.17, 15) is 12.8 Å². The first kappa shape index (κ1) is 20.7. The molecule has 0 aliphatic rings. The highest BCUT2D eigenvalue weighted by molar-refractivity contribution is 7.89. The maximum Gasteiger partial charge on any atom is 0.279 e. The van der Waals surface area contributed by atoms with Crippen LogP contribution < -0.4 is 0 Å². The zero-order chi connectivity index (χ0) is 22.2. The van der Waals surface area contributed by atoms with Crippen molar-refractivity contribution in [3.05, 3.63) is 83.8 Å². The summed E-state index contributed by atoms with van der Waals surface area (Å²) in [4.78, 5) is 8.42. The van der Waals surface area contributed by atoms with E-state index in [0.717, 1.165) is 27.3 Å². The van der Waals surface area contributed by atoms with Gasteiger partial charge in [0.1, 0.15) is 11.5 Å². The minimum atomic E-state index is -4.00. The molecular formula is C22H20FN5O2S. The molecular weight excluding hydrogens is 417 g/mol. The fourth-order valence-corrected chi connectivity index (χ4v) is 4.57. The first-order valence-corrected chi connectivity index (χ1v) is 10.9. The van der Waals surface area contributed by atoms with E-state index in [2.05, 4.69) is 15.1 Å². The van der Waals surface area contributed by atoms with E-state index in [-0.39, 0.29) is 4.90 Å². The zero-order valence-corrected chi connectivity index (χ0v) is 18.0. The van der Waals surface area contributed by atoms with Crippen molar-refractivity contribution in [3.8, 4) is 11.1 Å². The lowest BCUT2D eigenvalue weighted by atomic mass is 10.1. The zero-order valence-electron chi connectivity index (χ0n) is 17.2. The summed E-state index contributed by atoms with van der Waals surface area (Å²) >= 11 is 0. The number of hydrogen-bond donors (Lipinski definition) is 0. The van der Waals surface area contributed by atoms with Gasteiger partial charge >= 0.3 is 0 Å². The molecule has 0 saturated heterocycles. The van der Waals surface area contributed by atoms with E-state index in [0.29, 0.717) is 16.9 Å². The number of fused-ring (bicyclic) bond motifs is 1. The van der Waals surface area contributed by atoms with Crippen LogP contribution in [0.4, 0.5) is 4.39 Å². The van der Waals surface area contributed by atoms with Crippen molar-refractivity contribution in [2.45, 2.75) is 18.7 Å². The Hall–Kier alpha value is -3.59. The van der Waals surface area contributed by atoms with Crippen molar-refractivity contribution in [1.29, 1.82) is 0 Å². The second-order valence-electron chi connectivity index (χ2n) is 7.04. The number of pyridine rings is 2. The summed E-state index contributed by atoms with van der Waals surface area (Å²) in [5.41, 5.74) is 4.60. The summed E-state index contributed by atoms with van der Waals surface area (Å²) < 4.78 is 42.0. The van der Waals surface area contributed by atoms with Crippen LogP contribution in [-0.2, 0) is 10.0 Å². The molecule has 158 valence electrons. The molecule has 4 aromatic rings. The Labute approximate surface area is 179 Å². The molecule has 0 spiro atoms. The Morgan fingerprint density at radius 1 is 1.13 bits per heavy atom. The molecule has 0 bridgehead atoms. The third-order valence-electron chi connectivity index (χ3n) is 5.04. The van der Waals surface area contributed by atoms with Gasteiger partial charge in [-0.25, -0.2) is 9.37 Å². The van der Waals surface area contributed by atoms with Gasteiger partial charge in [0.15, 0.2) is 0 Å². The fraction of sp³-hybridized carbons (Fsp3) is 0.136. The van der Waals surface area contributed by atoms with Gasteiger partial charge in [-0.15, -0.1) is 0 Å². The Bertz CT molecular complexity index is 1400. The van der Waals surface area contributed by atoms with E-state index < -0.39 is 15.8 Å². The minimum Gasteiger partial charge on any atom is -0.295 e. The maximum absolute atomic E-state index is 13.6. The molecule has 0 atom stereocenters. The van der Waals surface area contributed by atoms with Crippen molar-refractivity contribution < 1.29 is 12.8 Å². The lowest BCUT2D eigenvalue weighted by Crippen LogP contribution is -2.23. The predicted octanol–water partition coefficient (Wildman–Crippen LogP) is 3.81. The summed E-state index contributed by atoms with van der Waals surface area (Å²) in [7, 11) is -2.69. The molecule has 0 aliphatic carbocycles. The average Bonchev–Trinajstić information content (AvgIpc) is 3.18. The van der Waals surface area contributed by atoms with Crippen LogP contribution in [0.5, 0.6) is 0 Å². The highest BCUT2D eigenvalue weighted by Crippen LogP contribution is 2.25. The Kier molecular flexibility index (Phi) is 5.28. The minimum absolute atomic E-state index is 0.125. The van der Waals surface area contributed by atoms with Crippen molar-refractivity contribution in [1.82, 2.24) is 18.8 Å². The molecule has 0 saturated carbocycles. The number of aryl methyl sites for hydroxylation is 2. The van der Waals surface area contributed by atoms with E-state index in [1.54, 1.807) is 25.5 Å². The van der Waals surface area contributed by atoms with Crippen molar-refractivity contribution >= 4 is 21.9 Å². The number of nitrogens with zero attached hydrogens (tertiary/aromatic N) is 5. The highest BCUT2D eigenvalue weighted by atomic mass is 32.2. The summed E-state index contributed by atoms with van der Waals surface area (Å²) in [6, 6.07) is 11.3. The number of rotatable bonds is 5. The van der Waals surface area contributed by atoms with Crippen LogP contribution in [0.15, 0.2) is 71.1 Å². The first-order chi connectivity index (χ1) is 14.8. The monoisotopic (exact) mass is 437 g/mol. The summed E-state index contributed by atoms with van der Waals surface area (Å²) in [5.74, 6) is -0.623. The molecule has 0 N–H and O–H groups in total. The van der Waals surface area contributed by atoms with E-state index in [4.69, 9.17) is 0 Å². The Morgan fingerprint density at radius 3 is 2.68 bits per heavy atom. The topological polar surface area (TPSA) is 79.9 Å². The van der Waals surface area contributed by atoms with Crippen LogP contribution in [0, 0.1) is 19.7 Å². The molecule has 0 amide bonds. The Balaban J connectivity index is 1.72. The van der Waals surface area contributed by atoms with Gasteiger partial charge in [-0.1, -0.05) is 12.1 Å². The lowest BCUT2D eigenvalue weighted by molar-refractivity contribution is 0.489. The third-order valence-corrected chi connectivity index (χ3v) is 6.83. The van der Waals surface area contributed by atoms with Gasteiger partial charge in [-0.05, 0) is 49.7 Å². The highest BCUT2D eigenvalue weighted by Gasteiger charge is 2.22. The van der Waals surface area contributed by atoms with Gasteiger partial charge in [0.05, 0.1) is 23.0 Å². The molecule has 0 unspecified atom stereocenters. The summed E-state index contributed by atoms with van der Waals surface area (Å²) in [6.45, 7) is 3.56. The van der Waals surface area contributed by atoms with Gasteiger partial charge in [0.25, 0.3) is 10.0 Å². The molecule has 4 rings (SSSR count). The standard InChI is InChI=1S/C22H20FN5O2S/c1-15-6-7-18(23)11-21(15)31(29,30)27(3)26-14-19-13-25-22-9-8-20(16(2)28(19)22)17-5-4-10-24-12-17/h4-14H,1-3H3/b26-14+. The SMILES string of the molecule is Cc1ccc(F)cc1S(=O)(=O)N(C)/N=C/c1cnc2ccc(-c3cccnc3)c(C)n12. The van der Waals surface area contributed by atoms with Crippen molar-refractivity contribution in [2.75, 3.05) is 7.05 Å². The number of aromatic nitrogens is 3. The van der Waals surface area contributed by atoms with Gasteiger partial charge < -0.3 is 0 Å². The summed E-state index contributed by atoms with van der Waals surface area (Å²) in [5, 5.41) is 4.10. The summed E-state index contributed by atoms with van der Waals surface area (Å²) in [6.07, 6.45) is 6.53. The third kappa shape index (κ3) is 3.79. The van der Waals surface area contributed by atoms with Gasteiger partial charge in [-0.2, -0.15) is 17.9 Å². The van der Waals surface area contributed by atoms with E-state index in [1.165, 1.54) is 25.4 Å². The molecule has 0 radical (unpaired) electrons. The lowest BCUT2D eigenvalue weighted by Gasteiger charge is -2.15. The van der Waals surface area contributed by atoms with Crippen molar-refractivity contribution in [2.24, 2.45) is 5.10 Å². The molecule has 0 fully saturated rings. The van der Waals surface area contributed by atoms with Crippen LogP contribution in [0.3, 0.4) is 0 Å². The van der Waals surface area contributed by atoms with Gasteiger partial charge in [0.2, 0.25) is 0 Å². The van der Waals surface area contributed by atoms with E-state index >= 15 is 0 Å². The number of hydrogen-bond acceptors (Lipinski definition) is 5. The number of benzene rings is 1. The number of hydrazone groups is 1. The molecule has 3 aromatic heterocycles. The van der Waals surface area contributed by atoms with Crippen LogP contribution in [0.1, 0.15) is 17.0 Å². The largest absolute Gasteiger partial charge is 0.295 e. The fourth-order valence-electron chi connectivity index (χ4n) is 3.38. The van der Waals surface area contributed by atoms with E-state index in [1.807, 2.05) is 35.6 Å². The van der Waals surface area contributed by atoms with Crippen LogP contribution in [0.2, 0.25) is 0 Å². The second-order valence-corrected chi connectivity index (χ2v) is 8.96.